The first-order valence-corrected chi connectivity index (χ1v) is 6.99. The average molecular weight is 308 g/mol. The van der Waals surface area contributed by atoms with Crippen molar-refractivity contribution in [2.75, 3.05) is 13.7 Å². The number of ether oxygens (including phenoxy) is 2. The predicted octanol–water partition coefficient (Wildman–Crippen LogP) is 3.13. The largest absolute Gasteiger partial charge is 0.508 e. The van der Waals surface area contributed by atoms with Crippen LogP contribution in [0.3, 0.4) is 0 Å². The van der Waals surface area contributed by atoms with E-state index in [0.29, 0.717) is 36.1 Å². The Balaban J connectivity index is 2.25. The van der Waals surface area contributed by atoms with E-state index in [-0.39, 0.29) is 5.75 Å². The number of methoxy groups -OCH3 is 1. The third-order valence-electron chi connectivity index (χ3n) is 3.02. The molecule has 0 bridgehead atoms. The minimum Gasteiger partial charge on any atom is -0.508 e. The zero-order chi connectivity index (χ0) is 15.2. The lowest BCUT2D eigenvalue weighted by Crippen LogP contribution is -2.07. The summed E-state index contributed by atoms with van der Waals surface area (Å²) >= 11 is 6.06. The molecule has 3 N–H and O–H groups in total. The van der Waals surface area contributed by atoms with Gasteiger partial charge in [0, 0.05) is 16.7 Å². The minimum absolute atomic E-state index is 0.210. The second-order valence-electron chi connectivity index (χ2n) is 4.59. The van der Waals surface area contributed by atoms with Crippen LogP contribution in [0.25, 0.3) is 0 Å². The lowest BCUT2D eigenvalue weighted by atomic mass is 10.1. The molecule has 0 saturated carbocycles. The summed E-state index contributed by atoms with van der Waals surface area (Å²) < 4.78 is 11.2. The quantitative estimate of drug-likeness (QED) is 0.860. The lowest BCUT2D eigenvalue weighted by molar-refractivity contribution is 0.281. The van der Waals surface area contributed by atoms with Gasteiger partial charge < -0.3 is 20.3 Å². The third kappa shape index (κ3) is 4.03. The smallest absolute Gasteiger partial charge is 0.164 e. The highest BCUT2D eigenvalue weighted by Gasteiger charge is 2.13. The summed E-state index contributed by atoms with van der Waals surface area (Å²) in [5, 5.41) is 10.1. The molecule has 0 radical (unpaired) electrons. The standard InChI is InChI=1S/C16H18ClNO3/c1-20-15-9-13(17)8-12(5-6-18)16(15)21-10-11-3-2-4-14(19)7-11/h2-4,7-9,19H,5-6,10,18H2,1H3. The third-order valence-corrected chi connectivity index (χ3v) is 3.24. The second-order valence-corrected chi connectivity index (χ2v) is 5.03. The minimum atomic E-state index is 0.210. The summed E-state index contributed by atoms with van der Waals surface area (Å²) in [6, 6.07) is 10.5. The number of nitrogens with two attached hydrogens (primary N) is 1. The molecule has 0 aliphatic carbocycles. The summed E-state index contributed by atoms with van der Waals surface area (Å²) in [5.41, 5.74) is 7.40. The molecule has 0 amide bonds. The molecular weight excluding hydrogens is 290 g/mol. The van der Waals surface area contributed by atoms with Crippen molar-refractivity contribution in [2.24, 2.45) is 5.73 Å². The van der Waals surface area contributed by atoms with Gasteiger partial charge in [0.15, 0.2) is 11.5 Å². The number of hydrogen-bond donors (Lipinski definition) is 2. The molecule has 0 atom stereocenters. The van der Waals surface area contributed by atoms with E-state index in [1.54, 1.807) is 31.4 Å². The van der Waals surface area contributed by atoms with E-state index in [2.05, 4.69) is 0 Å². The van der Waals surface area contributed by atoms with Crippen molar-refractivity contribution in [3.8, 4) is 17.2 Å². The van der Waals surface area contributed by atoms with Crippen LogP contribution < -0.4 is 15.2 Å². The summed E-state index contributed by atoms with van der Waals surface area (Å²) in [6.45, 7) is 0.815. The van der Waals surface area contributed by atoms with Gasteiger partial charge in [-0.2, -0.15) is 0 Å². The van der Waals surface area contributed by atoms with Crippen LogP contribution >= 0.6 is 11.6 Å². The Hall–Kier alpha value is -1.91. The Bertz CT molecular complexity index is 616. The Morgan fingerprint density at radius 2 is 2.05 bits per heavy atom. The van der Waals surface area contributed by atoms with Gasteiger partial charge in [-0.05, 0) is 36.7 Å². The van der Waals surface area contributed by atoms with Crippen LogP contribution in [-0.2, 0) is 13.0 Å². The van der Waals surface area contributed by atoms with Gasteiger partial charge in [-0.1, -0.05) is 23.7 Å². The number of phenols is 1. The van der Waals surface area contributed by atoms with Crippen molar-refractivity contribution in [1.82, 2.24) is 0 Å². The van der Waals surface area contributed by atoms with E-state index in [9.17, 15) is 5.11 Å². The Kier molecular flexibility index (Phi) is 5.31. The first kappa shape index (κ1) is 15.5. The van der Waals surface area contributed by atoms with Gasteiger partial charge in [0.05, 0.1) is 7.11 Å². The zero-order valence-corrected chi connectivity index (χ0v) is 12.6. The highest BCUT2D eigenvalue weighted by molar-refractivity contribution is 6.30. The number of hydrogen-bond acceptors (Lipinski definition) is 4. The summed E-state index contributed by atoms with van der Waals surface area (Å²) in [5.74, 6) is 1.42. The molecule has 0 saturated heterocycles. The van der Waals surface area contributed by atoms with Crippen LogP contribution in [0.4, 0.5) is 0 Å². The van der Waals surface area contributed by atoms with Gasteiger partial charge >= 0.3 is 0 Å². The lowest BCUT2D eigenvalue weighted by Gasteiger charge is -2.15. The molecule has 21 heavy (non-hydrogen) atoms. The van der Waals surface area contributed by atoms with Crippen LogP contribution in [-0.4, -0.2) is 18.8 Å². The van der Waals surface area contributed by atoms with Gasteiger partial charge in [0.1, 0.15) is 12.4 Å². The molecule has 0 aliphatic heterocycles. The zero-order valence-electron chi connectivity index (χ0n) is 11.8. The summed E-state index contributed by atoms with van der Waals surface area (Å²) in [4.78, 5) is 0. The van der Waals surface area contributed by atoms with E-state index in [1.807, 2.05) is 12.1 Å². The van der Waals surface area contributed by atoms with Gasteiger partial charge in [-0.25, -0.2) is 0 Å². The number of halogens is 1. The first-order valence-electron chi connectivity index (χ1n) is 6.61. The number of rotatable bonds is 6. The summed E-state index contributed by atoms with van der Waals surface area (Å²) in [6.07, 6.45) is 0.645. The molecule has 2 aromatic carbocycles. The van der Waals surface area contributed by atoms with Gasteiger partial charge in [-0.15, -0.1) is 0 Å². The van der Waals surface area contributed by atoms with Crippen molar-refractivity contribution in [1.29, 1.82) is 0 Å². The van der Waals surface area contributed by atoms with Crippen LogP contribution in [0, 0.1) is 0 Å². The average Bonchev–Trinajstić information content (AvgIpc) is 2.46. The summed E-state index contributed by atoms with van der Waals surface area (Å²) in [7, 11) is 1.57. The van der Waals surface area contributed by atoms with E-state index >= 15 is 0 Å². The van der Waals surface area contributed by atoms with Gasteiger partial charge in [0.25, 0.3) is 0 Å². The molecule has 2 aromatic rings. The molecule has 0 spiro atoms. The molecule has 0 unspecified atom stereocenters. The van der Waals surface area contributed by atoms with Crippen LogP contribution in [0.1, 0.15) is 11.1 Å². The second kappa shape index (κ2) is 7.20. The van der Waals surface area contributed by atoms with E-state index in [1.165, 1.54) is 0 Å². The molecule has 0 aromatic heterocycles. The molecule has 0 fully saturated rings. The van der Waals surface area contributed by atoms with Crippen LogP contribution in [0.2, 0.25) is 5.02 Å². The monoisotopic (exact) mass is 307 g/mol. The maximum absolute atomic E-state index is 9.47. The predicted molar refractivity (Wildman–Crippen MR) is 83.2 cm³/mol. The first-order chi connectivity index (χ1) is 10.1. The van der Waals surface area contributed by atoms with Crippen molar-refractivity contribution in [3.05, 3.63) is 52.5 Å². The highest BCUT2D eigenvalue weighted by Crippen LogP contribution is 2.35. The molecular formula is C16H18ClNO3. The van der Waals surface area contributed by atoms with Gasteiger partial charge in [0.2, 0.25) is 0 Å². The molecule has 0 aliphatic rings. The highest BCUT2D eigenvalue weighted by atomic mass is 35.5. The fourth-order valence-corrected chi connectivity index (χ4v) is 2.31. The topological polar surface area (TPSA) is 64.7 Å². The number of phenolic OH excluding ortho intramolecular Hbond substituents is 1. The Morgan fingerprint density at radius 1 is 1.24 bits per heavy atom. The van der Waals surface area contributed by atoms with Crippen molar-refractivity contribution < 1.29 is 14.6 Å². The van der Waals surface area contributed by atoms with E-state index < -0.39 is 0 Å². The van der Waals surface area contributed by atoms with Crippen LogP contribution in [0.15, 0.2) is 36.4 Å². The number of benzene rings is 2. The van der Waals surface area contributed by atoms with Crippen LogP contribution in [0.5, 0.6) is 17.2 Å². The Morgan fingerprint density at radius 3 is 2.71 bits per heavy atom. The van der Waals surface area contributed by atoms with Crippen molar-refractivity contribution in [2.45, 2.75) is 13.0 Å². The fraction of sp³-hybridized carbons (Fsp3) is 0.250. The SMILES string of the molecule is COc1cc(Cl)cc(CCN)c1OCc1cccc(O)c1. The normalized spacial score (nSPS) is 10.4. The Labute approximate surface area is 129 Å². The van der Waals surface area contributed by atoms with E-state index in [0.717, 1.165) is 11.1 Å². The maximum atomic E-state index is 9.47. The van der Waals surface area contributed by atoms with Crippen molar-refractivity contribution >= 4 is 11.6 Å². The molecule has 2 rings (SSSR count). The number of aromatic hydroxyl groups is 1. The molecule has 5 heteroatoms. The van der Waals surface area contributed by atoms with Crippen molar-refractivity contribution in [3.63, 3.8) is 0 Å². The van der Waals surface area contributed by atoms with Gasteiger partial charge in [-0.3, -0.25) is 0 Å². The van der Waals surface area contributed by atoms with E-state index in [4.69, 9.17) is 26.8 Å². The fourth-order valence-electron chi connectivity index (χ4n) is 2.08. The maximum Gasteiger partial charge on any atom is 0.164 e. The molecule has 0 heterocycles. The molecule has 4 nitrogen and oxygen atoms in total. The molecule has 112 valence electrons.